The quantitative estimate of drug-likeness (QED) is 0.271. The Morgan fingerprint density at radius 2 is 1.82 bits per heavy atom. The molecule has 0 aliphatic carbocycles. The van der Waals surface area contributed by atoms with E-state index in [2.05, 4.69) is 15.3 Å². The summed E-state index contributed by atoms with van der Waals surface area (Å²) >= 11 is 11.7. The van der Waals surface area contributed by atoms with E-state index in [1.807, 2.05) is 0 Å². The molecule has 0 spiro atoms. The van der Waals surface area contributed by atoms with Gasteiger partial charge in [-0.15, -0.1) is 0 Å². The molecule has 0 unspecified atom stereocenters. The number of pyridine rings is 1. The lowest BCUT2D eigenvalue weighted by molar-refractivity contribution is -0.138. The zero-order valence-electron chi connectivity index (χ0n) is 19.1. The summed E-state index contributed by atoms with van der Waals surface area (Å²) < 4.78 is 68.8. The van der Waals surface area contributed by atoms with E-state index in [0.29, 0.717) is 16.2 Å². The van der Waals surface area contributed by atoms with Crippen LogP contribution in [0.2, 0.25) is 10.0 Å². The molecule has 7 nitrogen and oxygen atoms in total. The maximum atomic E-state index is 14.0. The second-order valence-corrected chi connectivity index (χ2v) is 8.87. The Morgan fingerprint density at radius 3 is 2.42 bits per heavy atom. The number of phenolic OH excluding ortho intramolecular Hbond substituents is 1. The van der Waals surface area contributed by atoms with Gasteiger partial charge in [0.15, 0.2) is 11.6 Å². The standard InChI is InChI=1S/C24H15Cl2F5N4O3/c1-10-4-5-15(33-22(37)11-7-13(25)19(36)14(26)8-11)17-18(10)34-21(20(27)28)35(23(17)38)9-16-12(24(29,30)31)3-2-6-32-16/h2-8,20,36H,9H2,1H3,(H,33,37). The van der Waals surface area contributed by atoms with Crippen LogP contribution >= 0.6 is 23.2 Å². The molecule has 0 radical (unpaired) electrons. The van der Waals surface area contributed by atoms with Gasteiger partial charge in [0, 0.05) is 11.8 Å². The van der Waals surface area contributed by atoms with Crippen molar-refractivity contribution in [3.05, 3.63) is 91.2 Å². The first-order valence-corrected chi connectivity index (χ1v) is 11.4. The zero-order chi connectivity index (χ0) is 27.9. The second-order valence-electron chi connectivity index (χ2n) is 8.05. The van der Waals surface area contributed by atoms with E-state index in [1.165, 1.54) is 19.1 Å². The maximum Gasteiger partial charge on any atom is 0.418 e. The van der Waals surface area contributed by atoms with Gasteiger partial charge in [-0.25, -0.2) is 13.8 Å². The summed E-state index contributed by atoms with van der Waals surface area (Å²) in [4.78, 5) is 33.9. The molecule has 0 saturated carbocycles. The third kappa shape index (κ3) is 5.14. The number of alkyl halides is 5. The highest BCUT2D eigenvalue weighted by Crippen LogP contribution is 2.34. The van der Waals surface area contributed by atoms with Crippen molar-refractivity contribution in [3.63, 3.8) is 0 Å². The van der Waals surface area contributed by atoms with Crippen LogP contribution in [0.5, 0.6) is 5.75 Å². The molecule has 14 heteroatoms. The van der Waals surface area contributed by atoms with Crippen molar-refractivity contribution < 1.29 is 31.9 Å². The smallest absolute Gasteiger partial charge is 0.418 e. The minimum absolute atomic E-state index is 0.104. The molecular formula is C24H15Cl2F5N4O3. The van der Waals surface area contributed by atoms with E-state index in [0.717, 1.165) is 24.4 Å². The van der Waals surface area contributed by atoms with E-state index >= 15 is 0 Å². The monoisotopic (exact) mass is 572 g/mol. The van der Waals surface area contributed by atoms with Crippen LogP contribution in [0.4, 0.5) is 27.6 Å². The van der Waals surface area contributed by atoms with Gasteiger partial charge in [-0.1, -0.05) is 29.3 Å². The van der Waals surface area contributed by atoms with E-state index in [1.54, 1.807) is 0 Å². The lowest BCUT2D eigenvalue weighted by atomic mass is 10.1. The van der Waals surface area contributed by atoms with Crippen LogP contribution in [0.1, 0.15) is 39.4 Å². The van der Waals surface area contributed by atoms with Gasteiger partial charge in [0.25, 0.3) is 17.9 Å². The van der Waals surface area contributed by atoms with Crippen LogP contribution in [0, 0.1) is 6.92 Å². The Balaban J connectivity index is 1.90. The molecule has 2 aromatic heterocycles. The highest BCUT2D eigenvalue weighted by atomic mass is 35.5. The number of hydrogen-bond donors (Lipinski definition) is 2. The minimum atomic E-state index is -4.86. The molecule has 2 N–H and O–H groups in total. The Bertz CT molecular complexity index is 1620. The van der Waals surface area contributed by atoms with Crippen molar-refractivity contribution in [2.75, 3.05) is 5.32 Å². The van der Waals surface area contributed by atoms with Crippen molar-refractivity contribution in [3.8, 4) is 5.75 Å². The van der Waals surface area contributed by atoms with Gasteiger partial charge in [0.1, 0.15) is 0 Å². The van der Waals surface area contributed by atoms with Crippen molar-refractivity contribution in [1.82, 2.24) is 14.5 Å². The summed E-state index contributed by atoms with van der Waals surface area (Å²) in [5.74, 6) is -2.35. The number of carbonyl (C=O) groups excluding carboxylic acids is 1. The topological polar surface area (TPSA) is 97.1 Å². The first-order valence-electron chi connectivity index (χ1n) is 10.6. The highest BCUT2D eigenvalue weighted by Gasteiger charge is 2.34. The molecule has 4 aromatic rings. The van der Waals surface area contributed by atoms with Crippen molar-refractivity contribution >= 4 is 45.7 Å². The second kappa shape index (κ2) is 10.2. The number of halogens is 7. The molecule has 198 valence electrons. The SMILES string of the molecule is Cc1ccc(NC(=O)c2cc(Cl)c(O)c(Cl)c2)c2c(=O)n(Cc3ncccc3C(F)(F)F)c(C(F)F)nc12. The van der Waals surface area contributed by atoms with Crippen LogP contribution in [0.25, 0.3) is 10.9 Å². The van der Waals surface area contributed by atoms with Crippen molar-refractivity contribution in [2.24, 2.45) is 0 Å². The van der Waals surface area contributed by atoms with Crippen LogP contribution in [-0.4, -0.2) is 25.5 Å². The van der Waals surface area contributed by atoms with Gasteiger partial charge in [0.2, 0.25) is 0 Å². The molecule has 0 fully saturated rings. The molecule has 0 bridgehead atoms. The number of anilines is 1. The van der Waals surface area contributed by atoms with E-state index in [4.69, 9.17) is 23.2 Å². The Kier molecular flexibility index (Phi) is 7.31. The lowest BCUT2D eigenvalue weighted by Gasteiger charge is -2.18. The molecule has 38 heavy (non-hydrogen) atoms. The minimum Gasteiger partial charge on any atom is -0.505 e. The van der Waals surface area contributed by atoms with E-state index < -0.39 is 53.4 Å². The van der Waals surface area contributed by atoms with Crippen LogP contribution in [-0.2, 0) is 12.7 Å². The van der Waals surface area contributed by atoms with Crippen molar-refractivity contribution in [2.45, 2.75) is 26.1 Å². The Hall–Kier alpha value is -3.77. The van der Waals surface area contributed by atoms with Crippen LogP contribution < -0.4 is 10.9 Å². The maximum absolute atomic E-state index is 14.0. The first kappa shape index (κ1) is 27.3. The number of carbonyl (C=O) groups is 1. The number of aromatic nitrogens is 3. The van der Waals surface area contributed by atoms with Gasteiger partial charge >= 0.3 is 6.18 Å². The number of amides is 1. The van der Waals surface area contributed by atoms with Gasteiger partial charge in [-0.2, -0.15) is 13.2 Å². The number of nitrogens with zero attached hydrogens (tertiary/aromatic N) is 3. The molecule has 0 aliphatic heterocycles. The number of hydrogen-bond acceptors (Lipinski definition) is 5. The Labute approximate surface area is 220 Å². The van der Waals surface area contributed by atoms with Crippen LogP contribution in [0.15, 0.2) is 47.4 Å². The Morgan fingerprint density at radius 1 is 1.16 bits per heavy atom. The highest BCUT2D eigenvalue weighted by molar-refractivity contribution is 6.37. The fourth-order valence-electron chi connectivity index (χ4n) is 3.76. The normalized spacial score (nSPS) is 11.8. The number of nitrogens with one attached hydrogen (secondary N) is 1. The number of aromatic hydroxyl groups is 1. The number of fused-ring (bicyclic) bond motifs is 1. The van der Waals surface area contributed by atoms with Crippen molar-refractivity contribution in [1.29, 1.82) is 0 Å². The molecule has 4 rings (SSSR count). The average molecular weight is 573 g/mol. The number of aryl methyl sites for hydroxylation is 1. The fourth-order valence-corrected chi connectivity index (χ4v) is 4.24. The molecule has 0 atom stereocenters. The summed E-state index contributed by atoms with van der Waals surface area (Å²) in [6.07, 6.45) is -7.13. The molecule has 0 aliphatic rings. The molecule has 2 aromatic carbocycles. The summed E-state index contributed by atoms with van der Waals surface area (Å²) in [7, 11) is 0. The van der Waals surface area contributed by atoms with Gasteiger partial charge in [0.05, 0.1) is 44.4 Å². The largest absolute Gasteiger partial charge is 0.505 e. The fraction of sp³-hybridized carbons (Fsp3) is 0.167. The first-order chi connectivity index (χ1) is 17.8. The van der Waals surface area contributed by atoms with E-state index in [-0.39, 0.29) is 32.2 Å². The molecule has 2 heterocycles. The van der Waals surface area contributed by atoms with Crippen LogP contribution in [0.3, 0.4) is 0 Å². The predicted molar refractivity (Wildman–Crippen MR) is 130 cm³/mol. The summed E-state index contributed by atoms with van der Waals surface area (Å²) in [5.41, 5.74) is -3.13. The average Bonchev–Trinajstić information content (AvgIpc) is 2.84. The number of phenols is 1. The van der Waals surface area contributed by atoms with Gasteiger partial charge in [-0.05, 0) is 42.8 Å². The number of benzene rings is 2. The number of rotatable bonds is 5. The van der Waals surface area contributed by atoms with E-state index in [9.17, 15) is 36.6 Å². The molecule has 0 saturated heterocycles. The zero-order valence-corrected chi connectivity index (χ0v) is 20.6. The molecular weight excluding hydrogens is 558 g/mol. The summed E-state index contributed by atoms with van der Waals surface area (Å²) in [6, 6.07) is 6.70. The molecule has 1 amide bonds. The van der Waals surface area contributed by atoms with Gasteiger partial charge < -0.3 is 10.4 Å². The predicted octanol–water partition coefficient (Wildman–Crippen LogP) is 6.37. The van der Waals surface area contributed by atoms with Gasteiger partial charge in [-0.3, -0.25) is 19.1 Å². The summed E-state index contributed by atoms with van der Waals surface area (Å²) in [5, 5.41) is 11.4. The third-order valence-electron chi connectivity index (χ3n) is 5.57. The lowest BCUT2D eigenvalue weighted by Crippen LogP contribution is -2.29. The third-order valence-corrected chi connectivity index (χ3v) is 6.14. The summed E-state index contributed by atoms with van der Waals surface area (Å²) in [6.45, 7) is 0.529.